The van der Waals surface area contributed by atoms with Crippen molar-refractivity contribution in [2.24, 2.45) is 0 Å². The zero-order valence-corrected chi connectivity index (χ0v) is 18.8. The number of rotatable bonds is 7. The fraction of sp³-hybridized carbons (Fsp3) is 0.364. The highest BCUT2D eigenvalue weighted by molar-refractivity contribution is 6.29. The summed E-state index contributed by atoms with van der Waals surface area (Å²) in [6, 6.07) is 8.58. The van der Waals surface area contributed by atoms with Crippen LogP contribution in [0.2, 0.25) is 5.15 Å². The Morgan fingerprint density at radius 2 is 1.97 bits per heavy atom. The van der Waals surface area contributed by atoms with Crippen LogP contribution >= 0.6 is 11.6 Å². The van der Waals surface area contributed by atoms with Crippen LogP contribution in [0.4, 0.5) is 10.5 Å². The van der Waals surface area contributed by atoms with Crippen molar-refractivity contribution in [3.63, 3.8) is 0 Å². The molecule has 1 fully saturated rings. The Hall–Kier alpha value is -3.33. The number of amides is 3. The molecular weight excluding hydrogens is 436 g/mol. The van der Waals surface area contributed by atoms with E-state index in [0.717, 1.165) is 11.1 Å². The maximum absolute atomic E-state index is 13.6. The fourth-order valence-electron chi connectivity index (χ4n) is 3.80. The van der Waals surface area contributed by atoms with Gasteiger partial charge in [0.15, 0.2) is 0 Å². The Morgan fingerprint density at radius 3 is 2.59 bits per heavy atom. The van der Waals surface area contributed by atoms with E-state index >= 15 is 0 Å². The average Bonchev–Trinajstić information content (AvgIpc) is 2.73. The number of anilines is 1. The molecule has 0 bridgehead atoms. The Bertz CT molecular complexity index is 1040. The average molecular weight is 461 g/mol. The first kappa shape index (κ1) is 23.3. The van der Waals surface area contributed by atoms with Crippen molar-refractivity contribution >= 4 is 35.2 Å². The van der Waals surface area contributed by atoms with Gasteiger partial charge in [0.25, 0.3) is 0 Å². The lowest BCUT2D eigenvalue weighted by atomic mass is 9.69. The van der Waals surface area contributed by atoms with E-state index in [9.17, 15) is 14.4 Å². The molecule has 0 spiro atoms. The summed E-state index contributed by atoms with van der Waals surface area (Å²) in [6.07, 6.45) is 1.41. The van der Waals surface area contributed by atoms with Gasteiger partial charge in [0.05, 0.1) is 13.3 Å². The van der Waals surface area contributed by atoms with Gasteiger partial charge < -0.3 is 25.4 Å². The summed E-state index contributed by atoms with van der Waals surface area (Å²) in [7, 11) is 1.46. The fourth-order valence-corrected chi connectivity index (χ4v) is 3.95. The zero-order valence-electron chi connectivity index (χ0n) is 18.0. The molecule has 10 heteroatoms. The van der Waals surface area contributed by atoms with Gasteiger partial charge in [-0.2, -0.15) is 0 Å². The molecule has 3 amide bonds. The lowest BCUT2D eigenvalue weighted by Gasteiger charge is -2.49. The summed E-state index contributed by atoms with van der Waals surface area (Å²) in [5, 5.41) is 14.2. The number of ether oxygens (including phenoxy) is 1. The summed E-state index contributed by atoms with van der Waals surface area (Å²) in [5.41, 5.74) is 1.15. The van der Waals surface area contributed by atoms with Crippen molar-refractivity contribution < 1.29 is 24.2 Å². The smallest absolute Gasteiger partial charge is 0.323 e. The molecule has 1 saturated heterocycles. The monoisotopic (exact) mass is 460 g/mol. The van der Waals surface area contributed by atoms with Crippen molar-refractivity contribution in [2.75, 3.05) is 32.1 Å². The number of pyridine rings is 1. The van der Waals surface area contributed by atoms with Crippen molar-refractivity contribution in [3.8, 4) is 5.75 Å². The largest absolute Gasteiger partial charge is 0.494 e. The van der Waals surface area contributed by atoms with E-state index in [2.05, 4.69) is 15.6 Å². The lowest BCUT2D eigenvalue weighted by molar-refractivity contribution is -0.136. The predicted octanol–water partition coefficient (Wildman–Crippen LogP) is 2.85. The second kappa shape index (κ2) is 9.44. The minimum Gasteiger partial charge on any atom is -0.494 e. The Kier molecular flexibility index (Phi) is 6.88. The van der Waals surface area contributed by atoms with Crippen LogP contribution in [0.25, 0.3) is 0 Å². The van der Waals surface area contributed by atoms with E-state index in [0.29, 0.717) is 11.4 Å². The number of halogens is 1. The van der Waals surface area contributed by atoms with Gasteiger partial charge in [-0.1, -0.05) is 49.7 Å². The number of likely N-dealkylation sites (tertiary alicyclic amines) is 1. The molecule has 2 aromatic rings. The van der Waals surface area contributed by atoms with Gasteiger partial charge in [-0.3, -0.25) is 9.59 Å². The number of carbonyl (C=O) groups is 3. The Morgan fingerprint density at radius 1 is 1.28 bits per heavy atom. The van der Waals surface area contributed by atoms with Crippen LogP contribution in [-0.4, -0.2) is 59.6 Å². The summed E-state index contributed by atoms with van der Waals surface area (Å²) in [4.78, 5) is 42.2. The van der Waals surface area contributed by atoms with Crippen molar-refractivity contribution in [2.45, 2.75) is 25.2 Å². The number of hydrogen-bond donors (Lipinski definition) is 3. The highest BCUT2D eigenvalue weighted by atomic mass is 35.5. The minimum atomic E-state index is -1.14. The summed E-state index contributed by atoms with van der Waals surface area (Å²) < 4.78 is 5.30. The molecule has 9 nitrogen and oxygen atoms in total. The molecular formula is C22H25ClN4O5. The molecule has 1 aromatic carbocycles. The number of urea groups is 1. The minimum absolute atomic E-state index is 0.0946. The van der Waals surface area contributed by atoms with Crippen LogP contribution in [0, 0.1) is 0 Å². The molecule has 1 aromatic heterocycles. The highest BCUT2D eigenvalue weighted by Crippen LogP contribution is 2.40. The van der Waals surface area contributed by atoms with Crippen LogP contribution in [0.1, 0.15) is 30.9 Å². The summed E-state index contributed by atoms with van der Waals surface area (Å²) in [5.74, 6) is -0.954. The zero-order chi connectivity index (χ0) is 23.5. The number of aliphatic carboxylic acids is 1. The first-order valence-corrected chi connectivity index (χ1v) is 10.4. The second-order valence-electron chi connectivity index (χ2n) is 7.89. The SMILES string of the molecule is COc1cc(Cl)ncc1NC(=O)C1(c2ccccc2C(C)C)CN(C(=O)NCC(=O)O)C1. The number of benzene rings is 1. The molecule has 1 aliphatic heterocycles. The number of nitrogens with one attached hydrogen (secondary N) is 2. The highest BCUT2D eigenvalue weighted by Gasteiger charge is 2.53. The summed E-state index contributed by atoms with van der Waals surface area (Å²) >= 11 is 5.92. The van der Waals surface area contributed by atoms with E-state index in [-0.39, 0.29) is 30.1 Å². The standard InChI is InChI=1S/C22H25ClN4O5/c1-13(2)14-6-4-5-7-15(14)22(11-27(12-22)21(31)25-10-19(28)29)20(30)26-16-9-24-18(23)8-17(16)32-3/h4-9,13H,10-12H2,1-3H3,(H,25,31)(H,26,30)(H,28,29). The molecule has 2 heterocycles. The molecule has 0 aliphatic carbocycles. The second-order valence-corrected chi connectivity index (χ2v) is 8.28. The van der Waals surface area contributed by atoms with E-state index in [4.69, 9.17) is 21.4 Å². The Balaban J connectivity index is 1.94. The molecule has 3 rings (SSSR count). The molecule has 3 N–H and O–H groups in total. The third-order valence-corrected chi connectivity index (χ3v) is 5.64. The third kappa shape index (κ3) is 4.62. The van der Waals surface area contributed by atoms with Crippen LogP contribution < -0.4 is 15.4 Å². The quantitative estimate of drug-likeness (QED) is 0.546. The molecule has 0 radical (unpaired) electrons. The van der Waals surface area contributed by atoms with Crippen LogP contribution in [0.3, 0.4) is 0 Å². The number of aromatic nitrogens is 1. The molecule has 0 saturated carbocycles. The van der Waals surface area contributed by atoms with E-state index < -0.39 is 24.0 Å². The first-order chi connectivity index (χ1) is 15.2. The number of nitrogens with zero attached hydrogens (tertiary/aromatic N) is 2. The summed E-state index contributed by atoms with van der Waals surface area (Å²) in [6.45, 7) is 3.76. The number of carboxylic acid groups (broad SMARTS) is 1. The molecule has 0 unspecified atom stereocenters. The number of carbonyl (C=O) groups excluding carboxylic acids is 2. The van der Waals surface area contributed by atoms with E-state index in [1.54, 1.807) is 0 Å². The van der Waals surface area contributed by atoms with Crippen LogP contribution in [-0.2, 0) is 15.0 Å². The number of carboxylic acids is 1. The van der Waals surface area contributed by atoms with Crippen LogP contribution in [0.5, 0.6) is 5.75 Å². The van der Waals surface area contributed by atoms with Crippen molar-refractivity contribution in [1.29, 1.82) is 0 Å². The topological polar surface area (TPSA) is 121 Å². The van der Waals surface area contributed by atoms with Gasteiger partial charge >= 0.3 is 12.0 Å². The van der Waals surface area contributed by atoms with Crippen molar-refractivity contribution in [1.82, 2.24) is 15.2 Å². The van der Waals surface area contributed by atoms with Crippen molar-refractivity contribution in [3.05, 3.63) is 52.8 Å². The van der Waals surface area contributed by atoms with Gasteiger partial charge in [0, 0.05) is 19.2 Å². The Labute approximate surface area is 190 Å². The number of hydrogen-bond acceptors (Lipinski definition) is 5. The normalized spacial score (nSPS) is 14.5. The van der Waals surface area contributed by atoms with Gasteiger partial charge in [0.1, 0.15) is 28.5 Å². The van der Waals surface area contributed by atoms with E-state index in [1.807, 2.05) is 38.1 Å². The van der Waals surface area contributed by atoms with E-state index in [1.165, 1.54) is 24.3 Å². The van der Waals surface area contributed by atoms with Gasteiger partial charge in [-0.05, 0) is 17.0 Å². The van der Waals surface area contributed by atoms with Gasteiger partial charge in [-0.15, -0.1) is 0 Å². The maximum atomic E-state index is 13.6. The number of methoxy groups -OCH3 is 1. The van der Waals surface area contributed by atoms with Gasteiger partial charge in [0.2, 0.25) is 5.91 Å². The lowest BCUT2D eigenvalue weighted by Crippen LogP contribution is -2.68. The van der Waals surface area contributed by atoms with Crippen LogP contribution in [0.15, 0.2) is 36.5 Å². The third-order valence-electron chi connectivity index (χ3n) is 5.43. The molecule has 1 aliphatic rings. The first-order valence-electron chi connectivity index (χ1n) is 10.0. The van der Waals surface area contributed by atoms with Gasteiger partial charge in [-0.25, -0.2) is 9.78 Å². The predicted molar refractivity (Wildman–Crippen MR) is 119 cm³/mol. The molecule has 0 atom stereocenters. The maximum Gasteiger partial charge on any atom is 0.323 e. The molecule has 32 heavy (non-hydrogen) atoms. The molecule has 170 valence electrons.